The zero-order valence-electron chi connectivity index (χ0n) is 11.3. The highest BCUT2D eigenvalue weighted by molar-refractivity contribution is 5.96. The van der Waals surface area contributed by atoms with E-state index < -0.39 is 0 Å². The standard InChI is InChI=1S/C16H14N4O/c17-9-11-3-1-2-4-13(11)19-15-8-14-10(7-12(15)18)5-6-16(21)20-14/h1-4,7-8,19H,5-6,18H2,(H,20,21). The van der Waals surface area contributed by atoms with Crippen LogP contribution in [0.25, 0.3) is 0 Å². The minimum atomic E-state index is 0.00986. The number of carbonyl (C=O) groups excluding carboxylic acids is 1. The number of nitrogen functional groups attached to an aromatic ring is 1. The number of fused-ring (bicyclic) bond motifs is 1. The lowest BCUT2D eigenvalue weighted by Crippen LogP contribution is -2.19. The Hall–Kier alpha value is -3.00. The molecule has 104 valence electrons. The van der Waals surface area contributed by atoms with Crippen LogP contribution in [0.2, 0.25) is 0 Å². The second kappa shape index (κ2) is 5.17. The summed E-state index contributed by atoms with van der Waals surface area (Å²) >= 11 is 0. The molecule has 1 heterocycles. The molecule has 0 bridgehead atoms. The fourth-order valence-corrected chi connectivity index (χ4v) is 2.39. The molecule has 1 aliphatic heterocycles. The summed E-state index contributed by atoms with van der Waals surface area (Å²) in [5.41, 5.74) is 10.4. The number of amides is 1. The lowest BCUT2D eigenvalue weighted by Gasteiger charge is -2.20. The number of aryl methyl sites for hydroxylation is 1. The van der Waals surface area contributed by atoms with Gasteiger partial charge in [0.25, 0.3) is 0 Å². The minimum Gasteiger partial charge on any atom is -0.397 e. The zero-order valence-corrected chi connectivity index (χ0v) is 11.3. The van der Waals surface area contributed by atoms with Crippen molar-refractivity contribution in [3.05, 3.63) is 47.5 Å². The van der Waals surface area contributed by atoms with Crippen molar-refractivity contribution >= 4 is 28.7 Å². The minimum absolute atomic E-state index is 0.00986. The predicted octanol–water partition coefficient (Wildman–Crippen LogP) is 2.77. The summed E-state index contributed by atoms with van der Waals surface area (Å²) in [5, 5.41) is 15.1. The normalized spacial score (nSPS) is 13.0. The van der Waals surface area contributed by atoms with Gasteiger partial charge < -0.3 is 16.4 Å². The van der Waals surface area contributed by atoms with Crippen LogP contribution >= 0.6 is 0 Å². The summed E-state index contributed by atoms with van der Waals surface area (Å²) in [6.07, 6.45) is 1.18. The Balaban J connectivity index is 1.98. The van der Waals surface area contributed by atoms with Gasteiger partial charge in [-0.05, 0) is 36.2 Å². The van der Waals surface area contributed by atoms with Gasteiger partial charge in [0.1, 0.15) is 6.07 Å². The number of hydrogen-bond acceptors (Lipinski definition) is 4. The summed E-state index contributed by atoms with van der Waals surface area (Å²) in [5.74, 6) is 0.00986. The van der Waals surface area contributed by atoms with E-state index in [1.807, 2.05) is 24.3 Å². The molecule has 5 heteroatoms. The number of nitriles is 1. The third kappa shape index (κ3) is 2.51. The van der Waals surface area contributed by atoms with E-state index in [1.54, 1.807) is 12.1 Å². The molecule has 1 aliphatic rings. The quantitative estimate of drug-likeness (QED) is 0.737. The van der Waals surface area contributed by atoms with Crippen LogP contribution in [0.5, 0.6) is 0 Å². The molecule has 0 saturated heterocycles. The highest BCUT2D eigenvalue weighted by Gasteiger charge is 2.17. The maximum absolute atomic E-state index is 11.5. The Labute approximate surface area is 122 Å². The van der Waals surface area contributed by atoms with Gasteiger partial charge in [-0.15, -0.1) is 0 Å². The van der Waals surface area contributed by atoms with Crippen molar-refractivity contribution in [2.24, 2.45) is 0 Å². The number of para-hydroxylation sites is 1. The molecule has 5 nitrogen and oxygen atoms in total. The van der Waals surface area contributed by atoms with E-state index in [-0.39, 0.29) is 5.91 Å². The summed E-state index contributed by atoms with van der Waals surface area (Å²) in [4.78, 5) is 11.5. The Morgan fingerprint density at radius 2 is 2.00 bits per heavy atom. The van der Waals surface area contributed by atoms with Crippen LogP contribution in [0.1, 0.15) is 17.5 Å². The van der Waals surface area contributed by atoms with Crippen molar-refractivity contribution in [2.75, 3.05) is 16.4 Å². The molecule has 0 atom stereocenters. The van der Waals surface area contributed by atoms with E-state index >= 15 is 0 Å². The van der Waals surface area contributed by atoms with E-state index in [9.17, 15) is 4.79 Å². The number of nitrogens with two attached hydrogens (primary N) is 1. The van der Waals surface area contributed by atoms with Gasteiger partial charge in [0.2, 0.25) is 5.91 Å². The maximum atomic E-state index is 11.5. The van der Waals surface area contributed by atoms with Crippen molar-refractivity contribution in [1.29, 1.82) is 5.26 Å². The van der Waals surface area contributed by atoms with E-state index in [1.165, 1.54) is 0 Å². The average Bonchev–Trinajstić information content (AvgIpc) is 2.49. The molecule has 1 amide bonds. The molecular weight excluding hydrogens is 264 g/mol. The first-order valence-corrected chi connectivity index (χ1v) is 6.66. The Morgan fingerprint density at radius 1 is 1.19 bits per heavy atom. The predicted molar refractivity (Wildman–Crippen MR) is 82.2 cm³/mol. The summed E-state index contributed by atoms with van der Waals surface area (Å²) in [6.45, 7) is 0. The van der Waals surface area contributed by atoms with Crippen LogP contribution in [0.4, 0.5) is 22.7 Å². The molecule has 2 aromatic carbocycles. The largest absolute Gasteiger partial charge is 0.397 e. The van der Waals surface area contributed by atoms with Crippen LogP contribution in [0.3, 0.4) is 0 Å². The number of nitrogens with one attached hydrogen (secondary N) is 2. The second-order valence-electron chi connectivity index (χ2n) is 4.93. The van der Waals surface area contributed by atoms with Gasteiger partial charge in [0, 0.05) is 12.1 Å². The number of rotatable bonds is 2. The van der Waals surface area contributed by atoms with Crippen LogP contribution in [0, 0.1) is 11.3 Å². The fraction of sp³-hybridized carbons (Fsp3) is 0.125. The molecule has 0 saturated carbocycles. The molecule has 0 aliphatic carbocycles. The van der Waals surface area contributed by atoms with Gasteiger partial charge in [0.15, 0.2) is 0 Å². The van der Waals surface area contributed by atoms with E-state index in [4.69, 9.17) is 11.0 Å². The molecule has 0 spiro atoms. The highest BCUT2D eigenvalue weighted by Crippen LogP contribution is 2.33. The Kier molecular flexibility index (Phi) is 3.20. The van der Waals surface area contributed by atoms with Gasteiger partial charge in [0.05, 0.1) is 22.6 Å². The molecule has 2 aromatic rings. The monoisotopic (exact) mass is 278 g/mol. The third-order valence-corrected chi connectivity index (χ3v) is 3.49. The second-order valence-corrected chi connectivity index (χ2v) is 4.93. The van der Waals surface area contributed by atoms with Crippen molar-refractivity contribution in [1.82, 2.24) is 0 Å². The number of hydrogen-bond donors (Lipinski definition) is 3. The number of benzene rings is 2. The van der Waals surface area contributed by atoms with Crippen LogP contribution in [-0.4, -0.2) is 5.91 Å². The highest BCUT2D eigenvalue weighted by atomic mass is 16.1. The SMILES string of the molecule is N#Cc1ccccc1Nc1cc2c(cc1N)CCC(=O)N2. The van der Waals surface area contributed by atoms with E-state index in [0.717, 1.165) is 11.3 Å². The maximum Gasteiger partial charge on any atom is 0.224 e. The lowest BCUT2D eigenvalue weighted by molar-refractivity contribution is -0.116. The van der Waals surface area contributed by atoms with Crippen molar-refractivity contribution in [2.45, 2.75) is 12.8 Å². The van der Waals surface area contributed by atoms with Crippen LogP contribution in [-0.2, 0) is 11.2 Å². The van der Waals surface area contributed by atoms with Crippen molar-refractivity contribution in [3.8, 4) is 6.07 Å². The number of nitrogens with zero attached hydrogens (tertiary/aromatic N) is 1. The molecule has 3 rings (SSSR count). The zero-order chi connectivity index (χ0) is 14.8. The summed E-state index contributed by atoms with van der Waals surface area (Å²) < 4.78 is 0. The summed E-state index contributed by atoms with van der Waals surface area (Å²) in [6, 6.07) is 13.0. The molecule has 0 unspecified atom stereocenters. The van der Waals surface area contributed by atoms with Crippen LogP contribution < -0.4 is 16.4 Å². The molecule has 21 heavy (non-hydrogen) atoms. The smallest absolute Gasteiger partial charge is 0.224 e. The van der Waals surface area contributed by atoms with Gasteiger partial charge in [-0.25, -0.2) is 0 Å². The first kappa shape index (κ1) is 13.0. The van der Waals surface area contributed by atoms with Crippen molar-refractivity contribution in [3.63, 3.8) is 0 Å². The van der Waals surface area contributed by atoms with E-state index in [0.29, 0.717) is 35.5 Å². The lowest BCUT2D eigenvalue weighted by atomic mass is 10.0. The molecule has 4 N–H and O–H groups in total. The van der Waals surface area contributed by atoms with Gasteiger partial charge in [-0.2, -0.15) is 5.26 Å². The molecule has 0 radical (unpaired) electrons. The number of carbonyl (C=O) groups is 1. The van der Waals surface area contributed by atoms with Gasteiger partial charge in [-0.3, -0.25) is 4.79 Å². The van der Waals surface area contributed by atoms with Crippen molar-refractivity contribution < 1.29 is 4.79 Å². The average molecular weight is 278 g/mol. The molecule has 0 aromatic heterocycles. The third-order valence-electron chi connectivity index (χ3n) is 3.49. The van der Waals surface area contributed by atoms with Gasteiger partial charge >= 0.3 is 0 Å². The molecular formula is C16H14N4O. The number of anilines is 4. The van der Waals surface area contributed by atoms with E-state index in [2.05, 4.69) is 16.7 Å². The Morgan fingerprint density at radius 3 is 2.81 bits per heavy atom. The fourth-order valence-electron chi connectivity index (χ4n) is 2.39. The van der Waals surface area contributed by atoms with Gasteiger partial charge in [-0.1, -0.05) is 12.1 Å². The first-order chi connectivity index (χ1) is 10.2. The molecule has 0 fully saturated rings. The van der Waals surface area contributed by atoms with Crippen LogP contribution in [0.15, 0.2) is 36.4 Å². The Bertz CT molecular complexity index is 761. The first-order valence-electron chi connectivity index (χ1n) is 6.66. The topological polar surface area (TPSA) is 90.9 Å². The summed E-state index contributed by atoms with van der Waals surface area (Å²) in [7, 11) is 0.